The Morgan fingerprint density at radius 1 is 1.54 bits per heavy atom. The molecule has 3 N–H and O–H groups in total. The van der Waals surface area contributed by atoms with Crippen LogP contribution < -0.4 is 0 Å². The minimum Gasteiger partial charge on any atom is -0.387 e. The van der Waals surface area contributed by atoms with Gasteiger partial charge in [0, 0.05) is 4.57 Å². The highest BCUT2D eigenvalue weighted by atomic mass is 31.1. The van der Waals surface area contributed by atoms with Gasteiger partial charge in [-0.1, -0.05) is 0 Å². The molecule has 0 aliphatic rings. The summed E-state index contributed by atoms with van der Waals surface area (Å²) in [5.41, 5.74) is 0. The van der Waals surface area contributed by atoms with Gasteiger partial charge in [-0.05, 0) is 0 Å². The maximum absolute atomic E-state index is 11.6. The summed E-state index contributed by atoms with van der Waals surface area (Å²) in [5.74, 6) is -1.20. The lowest BCUT2D eigenvalue weighted by atomic mass is 10.1. The quantitative estimate of drug-likeness (QED) is 0.486. The first-order valence-electron chi connectivity index (χ1n) is 3.23. The molecule has 3 atom stereocenters. The molecule has 0 spiro atoms. The molecular formula is C5H9FO6P+. The molecule has 0 aromatic heterocycles. The Morgan fingerprint density at radius 2 is 2.08 bits per heavy atom. The second-order valence-electron chi connectivity index (χ2n) is 2.15. The molecule has 8 heteroatoms. The van der Waals surface area contributed by atoms with Gasteiger partial charge in [0.15, 0.2) is 12.5 Å². The van der Waals surface area contributed by atoms with E-state index >= 15 is 0 Å². The Morgan fingerprint density at radius 3 is 2.46 bits per heavy atom. The third kappa shape index (κ3) is 4.97. The number of carbonyl (C=O) groups excluding carboxylic acids is 1. The fraction of sp³-hybridized carbons (Fsp3) is 0.800. The average molecular weight is 215 g/mol. The number of halogens is 1. The molecule has 0 amide bonds. The number of aliphatic hydroxyl groups is 2. The standard InChI is InChI=1S/C5H8FO6P/c6-1-3(7)5(9)4(8)2-12-13(10)11/h4-5,8-9H,1-2H2/p+1/t4-,5+/m1/s1. The van der Waals surface area contributed by atoms with E-state index in [0.717, 1.165) is 0 Å². The maximum Gasteiger partial charge on any atom is 0.694 e. The lowest BCUT2D eigenvalue weighted by Crippen LogP contribution is -2.37. The SMILES string of the molecule is O=C(CF)[C@H](O)[C@H](O)CO[P+](=O)O. The highest BCUT2D eigenvalue weighted by molar-refractivity contribution is 7.32. The zero-order valence-electron chi connectivity index (χ0n) is 6.46. The van der Waals surface area contributed by atoms with E-state index in [-0.39, 0.29) is 0 Å². The third-order valence-corrected chi connectivity index (χ3v) is 1.55. The van der Waals surface area contributed by atoms with Crippen LogP contribution in [-0.2, 0) is 13.9 Å². The zero-order chi connectivity index (χ0) is 10.4. The number of Topliss-reactive ketones (excluding diaryl/α,β-unsaturated/α-hetero) is 1. The van der Waals surface area contributed by atoms with E-state index in [9.17, 15) is 13.8 Å². The summed E-state index contributed by atoms with van der Waals surface area (Å²) in [6.07, 6.45) is -3.63. The molecule has 0 bridgehead atoms. The highest BCUT2D eigenvalue weighted by Crippen LogP contribution is 2.15. The van der Waals surface area contributed by atoms with Crippen molar-refractivity contribution in [1.82, 2.24) is 0 Å². The van der Waals surface area contributed by atoms with Gasteiger partial charge in [-0.15, -0.1) is 9.42 Å². The molecule has 0 aromatic rings. The average Bonchev–Trinajstić information content (AvgIpc) is 2.11. The van der Waals surface area contributed by atoms with Gasteiger partial charge in [-0.3, -0.25) is 4.79 Å². The smallest absolute Gasteiger partial charge is 0.387 e. The van der Waals surface area contributed by atoms with Crippen molar-refractivity contribution in [2.45, 2.75) is 12.2 Å². The molecule has 0 fully saturated rings. The summed E-state index contributed by atoms with van der Waals surface area (Å²) in [6.45, 7) is -2.12. The van der Waals surface area contributed by atoms with Crippen LogP contribution in [0.4, 0.5) is 4.39 Å². The summed E-state index contributed by atoms with van der Waals surface area (Å²) < 4.78 is 25.6. The van der Waals surface area contributed by atoms with Crippen LogP contribution in [0.3, 0.4) is 0 Å². The first-order chi connectivity index (χ1) is 5.99. The molecule has 0 aliphatic carbocycles. The van der Waals surface area contributed by atoms with Crippen molar-refractivity contribution in [1.29, 1.82) is 0 Å². The van der Waals surface area contributed by atoms with Gasteiger partial charge in [-0.2, -0.15) is 0 Å². The molecule has 76 valence electrons. The molecule has 6 nitrogen and oxygen atoms in total. The molecule has 0 rings (SSSR count). The predicted octanol–water partition coefficient (Wildman–Crippen LogP) is -1.09. The van der Waals surface area contributed by atoms with Gasteiger partial charge in [-0.25, -0.2) is 4.39 Å². The fourth-order valence-corrected chi connectivity index (χ4v) is 0.805. The van der Waals surface area contributed by atoms with E-state index < -0.39 is 39.5 Å². The maximum atomic E-state index is 11.6. The van der Waals surface area contributed by atoms with Gasteiger partial charge in [0.1, 0.15) is 18.8 Å². The monoisotopic (exact) mass is 215 g/mol. The van der Waals surface area contributed by atoms with Crippen LogP contribution in [0.1, 0.15) is 0 Å². The van der Waals surface area contributed by atoms with E-state index in [2.05, 4.69) is 4.52 Å². The molecular weight excluding hydrogens is 206 g/mol. The van der Waals surface area contributed by atoms with Crippen molar-refractivity contribution in [3.05, 3.63) is 0 Å². The zero-order valence-corrected chi connectivity index (χ0v) is 7.35. The number of aliphatic hydroxyl groups excluding tert-OH is 2. The van der Waals surface area contributed by atoms with Crippen LogP contribution >= 0.6 is 8.25 Å². The Bertz CT molecular complexity index is 197. The van der Waals surface area contributed by atoms with Crippen molar-refractivity contribution < 1.29 is 33.4 Å². The molecule has 0 aromatic carbocycles. The number of alkyl halides is 1. The number of carbonyl (C=O) groups is 1. The predicted molar refractivity (Wildman–Crippen MR) is 38.8 cm³/mol. The number of hydrogen-bond acceptors (Lipinski definition) is 5. The summed E-state index contributed by atoms with van der Waals surface area (Å²) >= 11 is 0. The molecule has 0 radical (unpaired) electrons. The lowest BCUT2D eigenvalue weighted by molar-refractivity contribution is -0.135. The van der Waals surface area contributed by atoms with E-state index in [1.807, 2.05) is 0 Å². The van der Waals surface area contributed by atoms with Gasteiger partial charge >= 0.3 is 8.25 Å². The minimum atomic E-state index is -2.91. The first-order valence-corrected chi connectivity index (χ1v) is 4.36. The summed E-state index contributed by atoms with van der Waals surface area (Å²) in [5, 5.41) is 17.7. The van der Waals surface area contributed by atoms with Crippen LogP contribution in [-0.4, -0.2) is 46.4 Å². The van der Waals surface area contributed by atoms with Gasteiger partial charge in [0.2, 0.25) is 0 Å². The van der Waals surface area contributed by atoms with Crippen molar-refractivity contribution in [3.63, 3.8) is 0 Å². The third-order valence-electron chi connectivity index (χ3n) is 1.18. The molecule has 0 saturated heterocycles. The molecule has 13 heavy (non-hydrogen) atoms. The number of ketones is 1. The van der Waals surface area contributed by atoms with Crippen molar-refractivity contribution in [2.75, 3.05) is 13.3 Å². The Hall–Kier alpha value is -0.460. The lowest BCUT2D eigenvalue weighted by Gasteiger charge is -2.11. The van der Waals surface area contributed by atoms with Crippen LogP contribution in [0.15, 0.2) is 0 Å². The summed E-state index contributed by atoms with van der Waals surface area (Å²) in [6, 6.07) is 0. The van der Waals surface area contributed by atoms with Crippen LogP contribution in [0.2, 0.25) is 0 Å². The number of rotatable bonds is 6. The Labute approximate surface area is 73.9 Å². The van der Waals surface area contributed by atoms with E-state index in [4.69, 9.17) is 15.1 Å². The molecule has 0 saturated carbocycles. The van der Waals surface area contributed by atoms with Crippen LogP contribution in [0.25, 0.3) is 0 Å². The second kappa shape index (κ2) is 6.06. The van der Waals surface area contributed by atoms with E-state index in [0.29, 0.717) is 0 Å². The van der Waals surface area contributed by atoms with Gasteiger partial charge in [0.25, 0.3) is 0 Å². The van der Waals surface area contributed by atoms with E-state index in [1.54, 1.807) is 0 Å². The fourth-order valence-electron chi connectivity index (χ4n) is 0.525. The molecule has 0 heterocycles. The first kappa shape index (κ1) is 12.5. The van der Waals surface area contributed by atoms with E-state index in [1.165, 1.54) is 0 Å². The van der Waals surface area contributed by atoms with Crippen LogP contribution in [0.5, 0.6) is 0 Å². The molecule has 0 aliphatic heterocycles. The number of hydrogen-bond donors (Lipinski definition) is 3. The Balaban J connectivity index is 3.88. The normalized spacial score (nSPS) is 16.5. The topological polar surface area (TPSA) is 104 Å². The minimum absolute atomic E-state index is 0.710. The van der Waals surface area contributed by atoms with Crippen molar-refractivity contribution in [3.8, 4) is 0 Å². The van der Waals surface area contributed by atoms with Gasteiger partial charge < -0.3 is 10.2 Å². The van der Waals surface area contributed by atoms with Crippen LogP contribution in [0, 0.1) is 0 Å². The highest BCUT2D eigenvalue weighted by Gasteiger charge is 2.27. The Kier molecular flexibility index (Phi) is 5.85. The van der Waals surface area contributed by atoms with Gasteiger partial charge in [0.05, 0.1) is 0 Å². The van der Waals surface area contributed by atoms with Crippen molar-refractivity contribution >= 4 is 14.0 Å². The summed E-state index contributed by atoms with van der Waals surface area (Å²) in [7, 11) is -2.91. The summed E-state index contributed by atoms with van der Waals surface area (Å²) in [4.78, 5) is 18.5. The second-order valence-corrected chi connectivity index (χ2v) is 2.88. The largest absolute Gasteiger partial charge is 0.694 e. The molecule has 1 unspecified atom stereocenters. The van der Waals surface area contributed by atoms with Crippen molar-refractivity contribution in [2.24, 2.45) is 0 Å².